The fraction of sp³-hybridized carbons (Fsp3) is 0.278. The van der Waals surface area contributed by atoms with Crippen LogP contribution in [0.5, 0.6) is 0 Å². The van der Waals surface area contributed by atoms with Crippen molar-refractivity contribution in [3.8, 4) is 0 Å². The monoisotopic (exact) mass is 339 g/mol. The smallest absolute Gasteiger partial charge is 0.269 e. The molecular formula is C18H18FN5O. The quantitative estimate of drug-likeness (QED) is 0.796. The topological polar surface area (TPSA) is 76.5 Å². The lowest BCUT2D eigenvalue weighted by molar-refractivity contribution is 0.0993. The largest absolute Gasteiger partial charge is 0.364 e. The third-order valence-electron chi connectivity index (χ3n) is 4.63. The van der Waals surface area contributed by atoms with E-state index in [1.165, 1.54) is 16.8 Å². The van der Waals surface area contributed by atoms with E-state index in [-0.39, 0.29) is 17.6 Å². The summed E-state index contributed by atoms with van der Waals surface area (Å²) in [5, 5.41) is 4.56. The van der Waals surface area contributed by atoms with E-state index < -0.39 is 5.91 Å². The summed E-state index contributed by atoms with van der Waals surface area (Å²) in [6.07, 6.45) is 4.47. The number of carbonyl (C=O) groups is 1. The summed E-state index contributed by atoms with van der Waals surface area (Å²) in [6.45, 7) is 0.820. The Kier molecular flexibility index (Phi) is 3.83. The molecule has 7 heteroatoms. The molecular weight excluding hydrogens is 321 g/mol. The van der Waals surface area contributed by atoms with E-state index in [0.29, 0.717) is 5.65 Å². The second kappa shape index (κ2) is 6.16. The van der Waals surface area contributed by atoms with Crippen LogP contribution in [-0.4, -0.2) is 27.0 Å². The number of aromatic nitrogens is 3. The van der Waals surface area contributed by atoms with E-state index in [4.69, 9.17) is 5.73 Å². The highest BCUT2D eigenvalue weighted by Gasteiger charge is 2.26. The maximum absolute atomic E-state index is 13.7. The van der Waals surface area contributed by atoms with Crippen LogP contribution >= 0.6 is 0 Å². The highest BCUT2D eigenvalue weighted by molar-refractivity contribution is 5.91. The van der Waals surface area contributed by atoms with E-state index in [9.17, 15) is 9.18 Å². The minimum Gasteiger partial charge on any atom is -0.364 e. The summed E-state index contributed by atoms with van der Waals surface area (Å²) in [5.74, 6) is -0.0866. The van der Waals surface area contributed by atoms with Gasteiger partial charge in [0, 0.05) is 6.54 Å². The molecule has 1 amide bonds. The average molecular weight is 339 g/mol. The highest BCUT2D eigenvalue weighted by Crippen LogP contribution is 2.34. The summed E-state index contributed by atoms with van der Waals surface area (Å²) in [4.78, 5) is 17.9. The van der Waals surface area contributed by atoms with Crippen molar-refractivity contribution in [1.29, 1.82) is 0 Å². The maximum Gasteiger partial charge on any atom is 0.269 e. The Morgan fingerprint density at radius 1 is 1.24 bits per heavy atom. The highest BCUT2D eigenvalue weighted by atomic mass is 19.1. The molecule has 1 aliphatic rings. The van der Waals surface area contributed by atoms with Gasteiger partial charge in [-0.15, -0.1) is 5.10 Å². The summed E-state index contributed by atoms with van der Waals surface area (Å²) >= 11 is 0. The van der Waals surface area contributed by atoms with Gasteiger partial charge in [-0.3, -0.25) is 4.79 Å². The predicted octanol–water partition coefficient (Wildman–Crippen LogP) is 2.70. The molecule has 0 bridgehead atoms. The number of hydrogen-bond acceptors (Lipinski definition) is 4. The van der Waals surface area contributed by atoms with Crippen LogP contribution in [0.2, 0.25) is 0 Å². The molecule has 1 fully saturated rings. The van der Waals surface area contributed by atoms with Crippen LogP contribution in [0.15, 0.2) is 42.6 Å². The number of halogens is 1. The van der Waals surface area contributed by atoms with Crippen molar-refractivity contribution in [2.75, 3.05) is 11.4 Å². The summed E-state index contributed by atoms with van der Waals surface area (Å²) in [7, 11) is 0. The Morgan fingerprint density at radius 2 is 2.12 bits per heavy atom. The molecule has 1 atom stereocenters. The second-order valence-electron chi connectivity index (χ2n) is 6.23. The van der Waals surface area contributed by atoms with Gasteiger partial charge in [0.25, 0.3) is 5.91 Å². The van der Waals surface area contributed by atoms with Gasteiger partial charge in [0.05, 0.1) is 12.2 Å². The molecule has 4 rings (SSSR count). The number of nitrogens with zero attached hydrogens (tertiary/aromatic N) is 4. The van der Waals surface area contributed by atoms with Gasteiger partial charge in [0.15, 0.2) is 5.65 Å². The number of primary amides is 1. The number of benzene rings is 1. The minimum absolute atomic E-state index is 0.0509. The van der Waals surface area contributed by atoms with Crippen LogP contribution in [0.4, 0.5) is 10.2 Å². The van der Waals surface area contributed by atoms with Gasteiger partial charge in [-0.05, 0) is 49.1 Å². The van der Waals surface area contributed by atoms with E-state index in [1.807, 2.05) is 18.2 Å². The minimum atomic E-state index is -0.572. The van der Waals surface area contributed by atoms with Gasteiger partial charge in [-0.1, -0.05) is 12.1 Å². The number of hydrogen-bond donors (Lipinski definition) is 1. The van der Waals surface area contributed by atoms with Crippen LogP contribution < -0.4 is 10.6 Å². The number of amides is 1. The lowest BCUT2D eigenvalue weighted by atomic mass is 9.95. The molecule has 6 nitrogen and oxygen atoms in total. The van der Waals surface area contributed by atoms with Crippen molar-refractivity contribution >= 4 is 17.4 Å². The first-order valence-electron chi connectivity index (χ1n) is 8.30. The number of piperidine rings is 1. The van der Waals surface area contributed by atoms with E-state index >= 15 is 0 Å². The molecule has 0 radical (unpaired) electrons. The van der Waals surface area contributed by atoms with Crippen molar-refractivity contribution < 1.29 is 9.18 Å². The first kappa shape index (κ1) is 15.6. The molecule has 0 saturated carbocycles. The summed E-state index contributed by atoms with van der Waals surface area (Å²) in [5.41, 5.74) is 7.14. The fourth-order valence-corrected chi connectivity index (χ4v) is 3.45. The zero-order valence-electron chi connectivity index (χ0n) is 13.6. The molecule has 128 valence electrons. The van der Waals surface area contributed by atoms with Crippen molar-refractivity contribution in [2.45, 2.75) is 25.3 Å². The lowest BCUT2D eigenvalue weighted by Gasteiger charge is -2.37. The molecule has 1 aromatic carbocycles. The zero-order valence-corrected chi connectivity index (χ0v) is 13.6. The van der Waals surface area contributed by atoms with Crippen molar-refractivity contribution in [3.05, 3.63) is 59.7 Å². The number of imidazole rings is 1. The Balaban J connectivity index is 1.76. The zero-order chi connectivity index (χ0) is 17.4. The van der Waals surface area contributed by atoms with Crippen LogP contribution in [0.25, 0.3) is 5.65 Å². The first-order chi connectivity index (χ1) is 12.1. The SMILES string of the molecule is NC(=O)c1cnc2ccc(N3CCCCC3c3cccc(F)c3)nn12. The molecule has 1 aliphatic heterocycles. The summed E-state index contributed by atoms with van der Waals surface area (Å²) in [6, 6.07) is 10.4. The van der Waals surface area contributed by atoms with Gasteiger partial charge in [0.2, 0.25) is 0 Å². The Hall–Kier alpha value is -2.96. The summed E-state index contributed by atoms with van der Waals surface area (Å²) < 4.78 is 15.1. The van der Waals surface area contributed by atoms with Gasteiger partial charge in [-0.25, -0.2) is 13.9 Å². The number of fused-ring (bicyclic) bond motifs is 1. The third kappa shape index (κ3) is 2.82. The molecule has 25 heavy (non-hydrogen) atoms. The Labute approximate surface area is 144 Å². The molecule has 0 aliphatic carbocycles. The Bertz CT molecular complexity index is 938. The van der Waals surface area contributed by atoms with Crippen LogP contribution in [-0.2, 0) is 0 Å². The second-order valence-corrected chi connectivity index (χ2v) is 6.23. The maximum atomic E-state index is 13.7. The first-order valence-corrected chi connectivity index (χ1v) is 8.30. The third-order valence-corrected chi connectivity index (χ3v) is 4.63. The Morgan fingerprint density at radius 3 is 2.92 bits per heavy atom. The van der Waals surface area contributed by atoms with Crippen molar-refractivity contribution in [2.24, 2.45) is 5.73 Å². The van der Waals surface area contributed by atoms with Crippen LogP contribution in [0.1, 0.15) is 41.4 Å². The number of anilines is 1. The van der Waals surface area contributed by atoms with E-state index in [2.05, 4.69) is 15.0 Å². The fourth-order valence-electron chi connectivity index (χ4n) is 3.45. The van der Waals surface area contributed by atoms with Gasteiger partial charge in [-0.2, -0.15) is 0 Å². The van der Waals surface area contributed by atoms with Gasteiger partial charge in [0.1, 0.15) is 17.3 Å². The molecule has 2 aromatic heterocycles. The molecule has 3 heterocycles. The van der Waals surface area contributed by atoms with Gasteiger partial charge >= 0.3 is 0 Å². The van der Waals surface area contributed by atoms with Crippen LogP contribution in [0, 0.1) is 5.82 Å². The normalized spacial score (nSPS) is 17.8. The predicted molar refractivity (Wildman–Crippen MR) is 91.8 cm³/mol. The number of carbonyl (C=O) groups excluding carboxylic acids is 1. The van der Waals surface area contributed by atoms with Crippen molar-refractivity contribution in [3.63, 3.8) is 0 Å². The molecule has 2 N–H and O–H groups in total. The lowest BCUT2D eigenvalue weighted by Crippen LogP contribution is -2.34. The molecule has 1 saturated heterocycles. The molecule has 3 aromatic rings. The van der Waals surface area contributed by atoms with E-state index in [0.717, 1.165) is 37.2 Å². The van der Waals surface area contributed by atoms with Crippen LogP contribution in [0.3, 0.4) is 0 Å². The molecule has 0 spiro atoms. The van der Waals surface area contributed by atoms with Crippen molar-refractivity contribution in [1.82, 2.24) is 14.6 Å². The standard InChI is InChI=1S/C18H18FN5O/c19-13-5-3-4-12(10-13)14-6-1-2-9-23(14)17-8-7-16-21-11-15(18(20)25)24(16)22-17/h3-5,7-8,10-11,14H,1-2,6,9H2,(H2,20,25). The average Bonchev–Trinajstić information content (AvgIpc) is 3.05. The van der Waals surface area contributed by atoms with E-state index in [1.54, 1.807) is 12.1 Å². The molecule has 1 unspecified atom stereocenters. The number of rotatable bonds is 3. The number of nitrogens with two attached hydrogens (primary N) is 1. The van der Waals surface area contributed by atoms with Gasteiger partial charge < -0.3 is 10.6 Å².